The van der Waals surface area contributed by atoms with Crippen molar-refractivity contribution in [2.75, 3.05) is 7.11 Å². The molecule has 0 atom stereocenters. The summed E-state index contributed by atoms with van der Waals surface area (Å²) in [5, 5.41) is 3.82. The molecule has 0 spiro atoms. The highest BCUT2D eigenvalue weighted by molar-refractivity contribution is 5.91. The molecule has 0 saturated heterocycles. The maximum atomic E-state index is 12.3. The molecule has 0 aliphatic heterocycles. The molecule has 29 heavy (non-hydrogen) atoms. The first kappa shape index (κ1) is 21.6. The van der Waals surface area contributed by atoms with Crippen molar-refractivity contribution in [2.45, 2.75) is 19.8 Å². The maximum absolute atomic E-state index is 12.3. The maximum Gasteiger partial charge on any atom is 0.343 e. The van der Waals surface area contributed by atoms with E-state index in [1.807, 2.05) is 24.5 Å². The number of hydrogen-bond donors (Lipinski definition) is 3. The lowest BCUT2D eigenvalue weighted by molar-refractivity contribution is -0.126. The molecule has 0 saturated carbocycles. The summed E-state index contributed by atoms with van der Waals surface area (Å²) in [5.41, 5.74) is 6.32. The molecular weight excluding hydrogens is 376 g/mol. The first-order valence-electron chi connectivity index (χ1n) is 8.71. The lowest BCUT2D eigenvalue weighted by atomic mass is 10.1. The van der Waals surface area contributed by atoms with Gasteiger partial charge < -0.3 is 9.47 Å². The number of hydrazone groups is 1. The van der Waals surface area contributed by atoms with Gasteiger partial charge in [0.2, 0.25) is 11.8 Å². The quantitative estimate of drug-likeness (QED) is 0.154. The van der Waals surface area contributed by atoms with Gasteiger partial charge in [0, 0.05) is 12.8 Å². The lowest BCUT2D eigenvalue weighted by Crippen LogP contribution is -2.31. The molecule has 0 radical (unpaired) electrons. The standard InChI is InChI=1S/C20H22N4O5/c1-13-3-6-15(7-4-13)20(27)29-16-8-5-14(11-17(16)28-2)12-22-24-19(26)10-9-18(25)23-21/h3-8,11-12H,9-10,21H2,1-2H3,(H,23,25)(H,24,26)/b22-12-. The lowest BCUT2D eigenvalue weighted by Gasteiger charge is -2.10. The summed E-state index contributed by atoms with van der Waals surface area (Å²) in [6, 6.07) is 11.8. The minimum Gasteiger partial charge on any atom is -0.493 e. The van der Waals surface area contributed by atoms with Crippen LogP contribution in [0.15, 0.2) is 47.6 Å². The molecule has 0 bridgehead atoms. The Morgan fingerprint density at radius 1 is 1.03 bits per heavy atom. The van der Waals surface area contributed by atoms with Crippen LogP contribution in [-0.2, 0) is 9.59 Å². The minimum atomic E-state index is -0.501. The van der Waals surface area contributed by atoms with Gasteiger partial charge in [-0.1, -0.05) is 17.7 Å². The van der Waals surface area contributed by atoms with E-state index >= 15 is 0 Å². The number of carbonyl (C=O) groups is 3. The fourth-order valence-electron chi connectivity index (χ4n) is 2.23. The number of rotatable bonds is 8. The summed E-state index contributed by atoms with van der Waals surface area (Å²) in [4.78, 5) is 34.8. The average molecular weight is 398 g/mol. The van der Waals surface area contributed by atoms with Crippen LogP contribution < -0.4 is 26.2 Å². The van der Waals surface area contributed by atoms with Crippen molar-refractivity contribution in [1.29, 1.82) is 0 Å². The largest absolute Gasteiger partial charge is 0.493 e. The molecule has 0 unspecified atom stereocenters. The second kappa shape index (κ2) is 10.6. The molecule has 0 fully saturated rings. The number of methoxy groups -OCH3 is 1. The molecule has 2 aromatic carbocycles. The van der Waals surface area contributed by atoms with Crippen molar-refractivity contribution >= 4 is 24.0 Å². The van der Waals surface area contributed by atoms with E-state index in [0.29, 0.717) is 16.9 Å². The van der Waals surface area contributed by atoms with E-state index in [-0.39, 0.29) is 18.6 Å². The summed E-state index contributed by atoms with van der Waals surface area (Å²) < 4.78 is 10.7. The molecule has 0 heterocycles. The van der Waals surface area contributed by atoms with Gasteiger partial charge in [-0.25, -0.2) is 16.1 Å². The molecule has 0 aromatic heterocycles. The Labute approximate surface area is 167 Å². The molecule has 0 aliphatic rings. The molecule has 2 rings (SSSR count). The second-order valence-electron chi connectivity index (χ2n) is 6.03. The van der Waals surface area contributed by atoms with Gasteiger partial charge in [-0.05, 0) is 42.8 Å². The van der Waals surface area contributed by atoms with Gasteiger partial charge >= 0.3 is 5.97 Å². The smallest absolute Gasteiger partial charge is 0.343 e. The summed E-state index contributed by atoms with van der Waals surface area (Å²) >= 11 is 0. The average Bonchev–Trinajstić information content (AvgIpc) is 2.73. The van der Waals surface area contributed by atoms with Gasteiger partial charge in [0.1, 0.15) is 0 Å². The van der Waals surface area contributed by atoms with Crippen LogP contribution in [0.1, 0.15) is 34.3 Å². The van der Waals surface area contributed by atoms with E-state index in [0.717, 1.165) is 5.56 Å². The zero-order valence-corrected chi connectivity index (χ0v) is 16.1. The van der Waals surface area contributed by atoms with E-state index in [1.54, 1.807) is 30.3 Å². The number of carbonyl (C=O) groups excluding carboxylic acids is 3. The predicted octanol–water partition coefficient (Wildman–Crippen LogP) is 1.44. The highest BCUT2D eigenvalue weighted by Crippen LogP contribution is 2.28. The number of aryl methyl sites for hydroxylation is 1. The van der Waals surface area contributed by atoms with Gasteiger partial charge in [-0.3, -0.25) is 15.0 Å². The molecule has 2 aromatic rings. The molecule has 4 N–H and O–H groups in total. The second-order valence-corrected chi connectivity index (χ2v) is 6.03. The van der Waals surface area contributed by atoms with Crippen LogP contribution in [-0.4, -0.2) is 31.1 Å². The van der Waals surface area contributed by atoms with Gasteiger partial charge in [0.25, 0.3) is 0 Å². The Morgan fingerprint density at radius 3 is 2.38 bits per heavy atom. The first-order chi connectivity index (χ1) is 13.9. The summed E-state index contributed by atoms with van der Waals surface area (Å²) in [7, 11) is 1.45. The van der Waals surface area contributed by atoms with E-state index in [9.17, 15) is 14.4 Å². The van der Waals surface area contributed by atoms with E-state index in [1.165, 1.54) is 13.3 Å². The van der Waals surface area contributed by atoms with E-state index in [2.05, 4.69) is 10.5 Å². The van der Waals surface area contributed by atoms with Gasteiger partial charge in [-0.15, -0.1) is 0 Å². The highest BCUT2D eigenvalue weighted by Gasteiger charge is 2.12. The first-order valence-corrected chi connectivity index (χ1v) is 8.71. The Bertz CT molecular complexity index is 910. The Hall–Kier alpha value is -3.72. The summed E-state index contributed by atoms with van der Waals surface area (Å²) in [5.74, 6) is 4.16. The third-order valence-electron chi connectivity index (χ3n) is 3.82. The normalized spacial score (nSPS) is 10.4. The van der Waals surface area contributed by atoms with Crippen molar-refractivity contribution in [3.63, 3.8) is 0 Å². The summed E-state index contributed by atoms with van der Waals surface area (Å²) in [6.45, 7) is 1.93. The number of nitrogens with zero attached hydrogens (tertiary/aromatic N) is 1. The van der Waals surface area contributed by atoms with Gasteiger partial charge in [-0.2, -0.15) is 5.10 Å². The van der Waals surface area contributed by atoms with Crippen molar-refractivity contribution < 1.29 is 23.9 Å². The highest BCUT2D eigenvalue weighted by atomic mass is 16.6. The van der Waals surface area contributed by atoms with Crippen molar-refractivity contribution in [3.05, 3.63) is 59.2 Å². The number of ether oxygens (including phenoxy) is 2. The third-order valence-corrected chi connectivity index (χ3v) is 3.82. The number of nitrogens with one attached hydrogen (secondary N) is 2. The zero-order valence-electron chi connectivity index (χ0n) is 16.1. The molecular formula is C20H22N4O5. The number of esters is 1. The topological polar surface area (TPSA) is 132 Å². The Morgan fingerprint density at radius 2 is 1.72 bits per heavy atom. The van der Waals surface area contributed by atoms with Crippen LogP contribution >= 0.6 is 0 Å². The monoisotopic (exact) mass is 398 g/mol. The molecule has 2 amide bonds. The van der Waals surface area contributed by atoms with Crippen molar-refractivity contribution in [1.82, 2.24) is 10.9 Å². The number of hydrazine groups is 1. The SMILES string of the molecule is COc1cc(/C=N\NC(=O)CCC(=O)NN)ccc1OC(=O)c1ccc(C)cc1. The van der Waals surface area contributed by atoms with Crippen molar-refractivity contribution in [2.24, 2.45) is 10.9 Å². The van der Waals surface area contributed by atoms with Crippen LogP contribution in [0, 0.1) is 6.92 Å². The van der Waals surface area contributed by atoms with E-state index in [4.69, 9.17) is 15.3 Å². The van der Waals surface area contributed by atoms with Crippen LogP contribution in [0.2, 0.25) is 0 Å². The summed E-state index contributed by atoms with van der Waals surface area (Å²) in [6.07, 6.45) is 1.32. The number of benzene rings is 2. The third kappa shape index (κ3) is 6.74. The molecule has 0 aliphatic carbocycles. The molecule has 152 valence electrons. The Balaban J connectivity index is 1.98. The van der Waals surface area contributed by atoms with Gasteiger partial charge in [0.15, 0.2) is 11.5 Å². The minimum absolute atomic E-state index is 0.0350. The predicted molar refractivity (Wildman–Crippen MR) is 106 cm³/mol. The fraction of sp³-hybridized carbons (Fsp3) is 0.200. The number of hydrogen-bond acceptors (Lipinski definition) is 7. The zero-order chi connectivity index (χ0) is 21.2. The van der Waals surface area contributed by atoms with E-state index < -0.39 is 17.8 Å². The Kier molecular flexibility index (Phi) is 7.87. The molecule has 9 heteroatoms. The van der Waals surface area contributed by atoms with Crippen LogP contribution in [0.5, 0.6) is 11.5 Å². The number of nitrogens with two attached hydrogens (primary N) is 1. The fourth-order valence-corrected chi connectivity index (χ4v) is 2.23. The van der Waals surface area contributed by atoms with Gasteiger partial charge in [0.05, 0.1) is 18.9 Å². The van der Waals surface area contributed by atoms with Crippen LogP contribution in [0.4, 0.5) is 0 Å². The van der Waals surface area contributed by atoms with Crippen molar-refractivity contribution in [3.8, 4) is 11.5 Å². The number of amides is 2. The van der Waals surface area contributed by atoms with Crippen LogP contribution in [0.3, 0.4) is 0 Å². The van der Waals surface area contributed by atoms with Crippen LogP contribution in [0.25, 0.3) is 0 Å². The molecule has 9 nitrogen and oxygen atoms in total.